The molecule has 0 radical (unpaired) electrons. The third-order valence-corrected chi connectivity index (χ3v) is 8.12. The van der Waals surface area contributed by atoms with Crippen LogP contribution in [0.3, 0.4) is 0 Å². The summed E-state index contributed by atoms with van der Waals surface area (Å²) in [5.41, 5.74) is 0.217. The van der Waals surface area contributed by atoms with E-state index >= 15 is 0 Å². The molecule has 0 spiro atoms. The van der Waals surface area contributed by atoms with E-state index in [1.165, 1.54) is 19.3 Å². The zero-order valence-electron chi connectivity index (χ0n) is 13.5. The minimum atomic E-state index is -0.0248. The van der Waals surface area contributed by atoms with Gasteiger partial charge in [0.15, 0.2) is 0 Å². The van der Waals surface area contributed by atoms with Crippen LogP contribution in [0.15, 0.2) is 0 Å². The highest BCUT2D eigenvalue weighted by Crippen LogP contribution is 2.65. The monoisotopic (exact) mass is 288 g/mol. The Kier molecular flexibility index (Phi) is 2.94. The number of ketones is 2. The second kappa shape index (κ2) is 4.43. The molecule has 0 aliphatic heterocycles. The molecule has 0 aromatic carbocycles. The molecule has 5 unspecified atom stereocenters. The van der Waals surface area contributed by atoms with Gasteiger partial charge in [0.05, 0.1) is 0 Å². The number of fused-ring (bicyclic) bond motifs is 5. The molecule has 0 saturated heterocycles. The SMILES string of the molecule is CC12CCC3C(CC[C@H]4CCC(=O)CC34C)C1CCC2=O. The molecule has 21 heavy (non-hydrogen) atoms. The highest BCUT2D eigenvalue weighted by molar-refractivity contribution is 5.87. The van der Waals surface area contributed by atoms with Crippen LogP contribution in [0.2, 0.25) is 0 Å². The van der Waals surface area contributed by atoms with Gasteiger partial charge in [-0.3, -0.25) is 9.59 Å². The quantitative estimate of drug-likeness (QED) is 0.670. The molecule has 4 aliphatic rings. The zero-order valence-corrected chi connectivity index (χ0v) is 13.5. The van der Waals surface area contributed by atoms with E-state index in [4.69, 9.17) is 0 Å². The van der Waals surface area contributed by atoms with Gasteiger partial charge in [0, 0.05) is 24.7 Å². The van der Waals surface area contributed by atoms with Crippen LogP contribution in [-0.2, 0) is 9.59 Å². The number of carbonyl (C=O) groups excluding carboxylic acids is 2. The molecule has 6 atom stereocenters. The van der Waals surface area contributed by atoms with Gasteiger partial charge >= 0.3 is 0 Å². The lowest BCUT2D eigenvalue weighted by Crippen LogP contribution is -2.53. The first kappa shape index (κ1) is 14.0. The van der Waals surface area contributed by atoms with Crippen molar-refractivity contribution < 1.29 is 9.59 Å². The standard InChI is InChI=1S/C19H28O2/c1-18-10-9-16-14(15(18)7-8-17(18)21)6-4-12-3-5-13(20)11-19(12,16)2/h12,14-16H,3-11H2,1-2H3/t12-,14?,15?,16?,18?,19?/m1/s1. The summed E-state index contributed by atoms with van der Waals surface area (Å²) in [7, 11) is 0. The van der Waals surface area contributed by atoms with Crippen molar-refractivity contribution in [3.8, 4) is 0 Å². The lowest BCUT2D eigenvalue weighted by molar-refractivity contribution is -0.146. The van der Waals surface area contributed by atoms with E-state index in [0.29, 0.717) is 29.3 Å². The van der Waals surface area contributed by atoms with E-state index in [-0.39, 0.29) is 10.8 Å². The highest BCUT2D eigenvalue weighted by Gasteiger charge is 2.60. The molecular formula is C19H28O2. The Morgan fingerprint density at radius 3 is 2.52 bits per heavy atom. The first-order valence-electron chi connectivity index (χ1n) is 9.00. The predicted molar refractivity (Wildman–Crippen MR) is 81.7 cm³/mol. The minimum Gasteiger partial charge on any atom is -0.300 e. The molecule has 0 N–H and O–H groups in total. The molecule has 2 heteroatoms. The minimum absolute atomic E-state index is 0.0248. The van der Waals surface area contributed by atoms with Crippen molar-refractivity contribution in [2.45, 2.75) is 71.6 Å². The fraction of sp³-hybridized carbons (Fsp3) is 0.895. The average molecular weight is 288 g/mol. The van der Waals surface area contributed by atoms with E-state index in [0.717, 1.165) is 44.4 Å². The van der Waals surface area contributed by atoms with Crippen molar-refractivity contribution in [3.05, 3.63) is 0 Å². The van der Waals surface area contributed by atoms with E-state index in [1.807, 2.05) is 0 Å². The second-order valence-electron chi connectivity index (χ2n) is 8.83. The fourth-order valence-corrected chi connectivity index (χ4v) is 6.90. The van der Waals surface area contributed by atoms with Crippen LogP contribution in [0.25, 0.3) is 0 Å². The van der Waals surface area contributed by atoms with Gasteiger partial charge in [-0.05, 0) is 67.6 Å². The van der Waals surface area contributed by atoms with E-state index in [9.17, 15) is 9.59 Å². The molecule has 0 bridgehead atoms. The lowest BCUT2D eigenvalue weighted by Gasteiger charge is -2.59. The summed E-state index contributed by atoms with van der Waals surface area (Å²) in [5.74, 6) is 3.80. The van der Waals surface area contributed by atoms with Crippen molar-refractivity contribution >= 4 is 11.6 Å². The smallest absolute Gasteiger partial charge is 0.139 e. The van der Waals surface area contributed by atoms with Crippen molar-refractivity contribution in [2.75, 3.05) is 0 Å². The fourth-order valence-electron chi connectivity index (χ4n) is 6.90. The van der Waals surface area contributed by atoms with E-state index < -0.39 is 0 Å². The van der Waals surface area contributed by atoms with Gasteiger partial charge in [0.2, 0.25) is 0 Å². The number of carbonyl (C=O) groups is 2. The summed E-state index contributed by atoms with van der Waals surface area (Å²) in [4.78, 5) is 24.5. The summed E-state index contributed by atoms with van der Waals surface area (Å²) in [5, 5.41) is 0. The highest BCUT2D eigenvalue weighted by atomic mass is 16.1. The summed E-state index contributed by atoms with van der Waals surface area (Å²) in [6, 6.07) is 0. The molecule has 116 valence electrons. The molecule has 4 saturated carbocycles. The van der Waals surface area contributed by atoms with Crippen LogP contribution in [0.4, 0.5) is 0 Å². The number of hydrogen-bond donors (Lipinski definition) is 0. The molecule has 0 heterocycles. The van der Waals surface area contributed by atoms with Crippen LogP contribution < -0.4 is 0 Å². The van der Waals surface area contributed by atoms with Crippen molar-refractivity contribution in [3.63, 3.8) is 0 Å². The largest absolute Gasteiger partial charge is 0.300 e. The van der Waals surface area contributed by atoms with Crippen LogP contribution in [-0.4, -0.2) is 11.6 Å². The molecule has 0 aromatic heterocycles. The van der Waals surface area contributed by atoms with Gasteiger partial charge in [-0.2, -0.15) is 0 Å². The second-order valence-corrected chi connectivity index (χ2v) is 8.83. The van der Waals surface area contributed by atoms with Gasteiger partial charge in [-0.15, -0.1) is 0 Å². The Labute approximate surface area is 128 Å². The molecule has 2 nitrogen and oxygen atoms in total. The van der Waals surface area contributed by atoms with E-state index in [1.54, 1.807) is 0 Å². The number of rotatable bonds is 0. The summed E-state index contributed by atoms with van der Waals surface area (Å²) < 4.78 is 0. The van der Waals surface area contributed by atoms with Gasteiger partial charge in [-0.25, -0.2) is 0 Å². The topological polar surface area (TPSA) is 34.1 Å². The Morgan fingerprint density at radius 2 is 1.71 bits per heavy atom. The first-order chi connectivity index (χ1) is 9.95. The maximum atomic E-state index is 12.4. The van der Waals surface area contributed by atoms with Crippen LogP contribution in [0, 0.1) is 34.5 Å². The molecule has 0 aromatic rings. The van der Waals surface area contributed by atoms with Crippen molar-refractivity contribution in [2.24, 2.45) is 34.5 Å². The van der Waals surface area contributed by atoms with Crippen molar-refractivity contribution in [1.29, 1.82) is 0 Å². The van der Waals surface area contributed by atoms with Crippen LogP contribution in [0.1, 0.15) is 71.6 Å². The number of Topliss-reactive ketones (excluding diaryl/α,β-unsaturated/α-hetero) is 2. The van der Waals surface area contributed by atoms with Gasteiger partial charge in [0.1, 0.15) is 11.6 Å². The summed E-state index contributed by atoms with van der Waals surface area (Å²) in [6.07, 6.45) is 9.55. The third kappa shape index (κ3) is 1.77. The Balaban J connectivity index is 1.67. The molecule has 0 amide bonds. The van der Waals surface area contributed by atoms with Crippen LogP contribution in [0.5, 0.6) is 0 Å². The van der Waals surface area contributed by atoms with Crippen molar-refractivity contribution in [1.82, 2.24) is 0 Å². The third-order valence-electron chi connectivity index (χ3n) is 8.12. The molecule has 4 rings (SSSR count). The van der Waals surface area contributed by atoms with Gasteiger partial charge < -0.3 is 0 Å². The van der Waals surface area contributed by atoms with Gasteiger partial charge in [0.25, 0.3) is 0 Å². The summed E-state index contributed by atoms with van der Waals surface area (Å²) in [6.45, 7) is 4.65. The maximum absolute atomic E-state index is 12.4. The Bertz CT molecular complexity index is 496. The Morgan fingerprint density at radius 1 is 0.905 bits per heavy atom. The lowest BCUT2D eigenvalue weighted by atomic mass is 9.45. The van der Waals surface area contributed by atoms with Crippen LogP contribution >= 0.6 is 0 Å². The molecule has 4 aliphatic carbocycles. The maximum Gasteiger partial charge on any atom is 0.139 e. The predicted octanol–water partition coefficient (Wildman–Crippen LogP) is 4.17. The summed E-state index contributed by atoms with van der Waals surface area (Å²) >= 11 is 0. The molecular weight excluding hydrogens is 260 g/mol. The molecule has 4 fully saturated rings. The average Bonchev–Trinajstić information content (AvgIpc) is 2.74. The first-order valence-corrected chi connectivity index (χ1v) is 9.00. The van der Waals surface area contributed by atoms with E-state index in [2.05, 4.69) is 13.8 Å². The Hall–Kier alpha value is -0.660. The zero-order chi connectivity index (χ0) is 14.8. The van der Waals surface area contributed by atoms with Gasteiger partial charge in [-0.1, -0.05) is 13.8 Å². The normalized spacial score (nSPS) is 53.0. The number of hydrogen-bond acceptors (Lipinski definition) is 2.